The summed E-state index contributed by atoms with van der Waals surface area (Å²) in [7, 11) is -1.53. The standard InChI is InChI=1S/C8H12BNO3/c1-3-13-8-7(9(11)12)4-6(2)5-10-8/h4-5,11-12H,3H2,1-2H3. The minimum absolute atomic E-state index is 0.281. The van der Waals surface area contributed by atoms with Crippen molar-refractivity contribution in [2.45, 2.75) is 13.8 Å². The van der Waals surface area contributed by atoms with Gasteiger partial charge in [-0.15, -0.1) is 0 Å². The van der Waals surface area contributed by atoms with Crippen LogP contribution in [0, 0.1) is 6.92 Å². The molecule has 13 heavy (non-hydrogen) atoms. The zero-order chi connectivity index (χ0) is 9.84. The van der Waals surface area contributed by atoms with Gasteiger partial charge in [-0.1, -0.05) is 6.07 Å². The first-order valence-electron chi connectivity index (χ1n) is 4.10. The summed E-state index contributed by atoms with van der Waals surface area (Å²) in [6, 6.07) is 1.64. The number of nitrogens with zero attached hydrogens (tertiary/aromatic N) is 1. The molecule has 0 saturated heterocycles. The molecule has 5 heteroatoms. The number of aryl methyl sites for hydroxylation is 1. The summed E-state index contributed by atoms with van der Waals surface area (Å²) in [5.74, 6) is 0.281. The monoisotopic (exact) mass is 181 g/mol. The molecule has 0 bridgehead atoms. The Hall–Kier alpha value is -1.07. The molecule has 0 aliphatic rings. The highest BCUT2D eigenvalue weighted by Crippen LogP contribution is 2.04. The fourth-order valence-electron chi connectivity index (χ4n) is 1.02. The van der Waals surface area contributed by atoms with Gasteiger partial charge in [-0.3, -0.25) is 0 Å². The molecule has 1 aromatic heterocycles. The topological polar surface area (TPSA) is 62.6 Å². The lowest BCUT2D eigenvalue weighted by Crippen LogP contribution is -2.32. The van der Waals surface area contributed by atoms with Gasteiger partial charge in [-0.05, 0) is 19.4 Å². The molecule has 1 rings (SSSR count). The Balaban J connectivity index is 3.03. The number of hydrogen-bond acceptors (Lipinski definition) is 4. The van der Waals surface area contributed by atoms with Gasteiger partial charge >= 0.3 is 7.12 Å². The van der Waals surface area contributed by atoms with E-state index in [-0.39, 0.29) is 5.88 Å². The van der Waals surface area contributed by atoms with Gasteiger partial charge < -0.3 is 14.8 Å². The summed E-state index contributed by atoms with van der Waals surface area (Å²) < 4.78 is 5.12. The maximum absolute atomic E-state index is 8.99. The van der Waals surface area contributed by atoms with Crippen molar-refractivity contribution in [3.05, 3.63) is 17.8 Å². The number of rotatable bonds is 3. The molecule has 0 radical (unpaired) electrons. The second-order valence-electron chi connectivity index (χ2n) is 2.71. The van der Waals surface area contributed by atoms with Crippen molar-refractivity contribution in [3.63, 3.8) is 0 Å². The second kappa shape index (κ2) is 4.25. The molecule has 4 nitrogen and oxygen atoms in total. The predicted octanol–water partition coefficient (Wildman–Crippen LogP) is -0.531. The van der Waals surface area contributed by atoms with Crippen LogP contribution in [0.2, 0.25) is 0 Å². The van der Waals surface area contributed by atoms with Crippen LogP contribution in [0.3, 0.4) is 0 Å². The Morgan fingerprint density at radius 2 is 2.23 bits per heavy atom. The molecule has 0 amide bonds. The van der Waals surface area contributed by atoms with E-state index in [0.29, 0.717) is 12.1 Å². The molecule has 0 unspecified atom stereocenters. The summed E-state index contributed by atoms with van der Waals surface area (Å²) in [5, 5.41) is 18.0. The van der Waals surface area contributed by atoms with Crippen LogP contribution in [0.25, 0.3) is 0 Å². The fourth-order valence-corrected chi connectivity index (χ4v) is 1.02. The van der Waals surface area contributed by atoms with E-state index in [0.717, 1.165) is 5.56 Å². The van der Waals surface area contributed by atoms with Crippen molar-refractivity contribution in [3.8, 4) is 5.88 Å². The van der Waals surface area contributed by atoms with Crippen molar-refractivity contribution < 1.29 is 14.8 Å². The summed E-state index contributed by atoms with van der Waals surface area (Å²) in [6.07, 6.45) is 1.62. The van der Waals surface area contributed by atoms with E-state index in [1.54, 1.807) is 12.3 Å². The van der Waals surface area contributed by atoms with E-state index in [4.69, 9.17) is 14.8 Å². The molecular formula is C8H12BNO3. The zero-order valence-electron chi connectivity index (χ0n) is 7.69. The van der Waals surface area contributed by atoms with Crippen molar-refractivity contribution in [1.29, 1.82) is 0 Å². The Bertz CT molecular complexity index is 291. The van der Waals surface area contributed by atoms with Crippen LogP contribution in [0.15, 0.2) is 12.3 Å². The number of hydrogen-bond donors (Lipinski definition) is 2. The van der Waals surface area contributed by atoms with Crippen LogP contribution in [0.5, 0.6) is 5.88 Å². The van der Waals surface area contributed by atoms with Crippen LogP contribution in [-0.4, -0.2) is 28.8 Å². The lowest BCUT2D eigenvalue weighted by Gasteiger charge is -2.08. The van der Waals surface area contributed by atoms with Gasteiger partial charge in [0.25, 0.3) is 0 Å². The average Bonchev–Trinajstić information content (AvgIpc) is 2.08. The summed E-state index contributed by atoms with van der Waals surface area (Å²) in [6.45, 7) is 4.10. The third-order valence-electron chi connectivity index (χ3n) is 1.57. The molecule has 1 heterocycles. The van der Waals surface area contributed by atoms with Crippen molar-refractivity contribution in [2.24, 2.45) is 0 Å². The molecule has 2 N–H and O–H groups in total. The van der Waals surface area contributed by atoms with Crippen LogP contribution >= 0.6 is 0 Å². The van der Waals surface area contributed by atoms with Gasteiger partial charge in [0.05, 0.1) is 6.61 Å². The summed E-state index contributed by atoms with van der Waals surface area (Å²) in [5.41, 5.74) is 1.17. The molecule has 0 atom stereocenters. The predicted molar refractivity (Wildman–Crippen MR) is 50.0 cm³/mol. The SMILES string of the molecule is CCOc1ncc(C)cc1B(O)O. The molecule has 0 aliphatic carbocycles. The lowest BCUT2D eigenvalue weighted by molar-refractivity contribution is 0.327. The normalized spacial score (nSPS) is 9.85. The summed E-state index contributed by atoms with van der Waals surface area (Å²) >= 11 is 0. The summed E-state index contributed by atoms with van der Waals surface area (Å²) in [4.78, 5) is 3.95. The Kier molecular flexibility index (Phi) is 3.28. The molecule has 0 saturated carbocycles. The first-order valence-corrected chi connectivity index (χ1v) is 4.10. The van der Waals surface area contributed by atoms with Crippen molar-refractivity contribution in [2.75, 3.05) is 6.61 Å². The van der Waals surface area contributed by atoms with Crippen molar-refractivity contribution >= 4 is 12.6 Å². The van der Waals surface area contributed by atoms with E-state index in [1.165, 1.54) is 0 Å². The Labute approximate surface area is 77.3 Å². The quantitative estimate of drug-likeness (QED) is 0.615. The largest absolute Gasteiger partial charge is 0.494 e. The maximum Gasteiger partial charge on any atom is 0.494 e. The van der Waals surface area contributed by atoms with Gasteiger partial charge in [-0.25, -0.2) is 4.98 Å². The number of pyridine rings is 1. The average molecular weight is 181 g/mol. The Morgan fingerprint density at radius 1 is 1.54 bits per heavy atom. The van der Waals surface area contributed by atoms with Gasteiger partial charge in [0.2, 0.25) is 5.88 Å². The highest BCUT2D eigenvalue weighted by molar-refractivity contribution is 6.59. The third kappa shape index (κ3) is 2.43. The number of ether oxygens (including phenoxy) is 1. The molecular weight excluding hydrogens is 169 g/mol. The highest BCUT2D eigenvalue weighted by Gasteiger charge is 2.18. The first-order chi connectivity index (χ1) is 6.15. The lowest BCUT2D eigenvalue weighted by atomic mass is 9.80. The fraction of sp³-hybridized carbons (Fsp3) is 0.375. The van der Waals surface area contributed by atoms with Gasteiger partial charge in [0.1, 0.15) is 0 Å². The molecule has 0 fully saturated rings. The minimum Gasteiger partial charge on any atom is -0.478 e. The third-order valence-corrected chi connectivity index (χ3v) is 1.57. The maximum atomic E-state index is 8.99. The van der Waals surface area contributed by atoms with Gasteiger partial charge in [-0.2, -0.15) is 0 Å². The minimum atomic E-state index is -1.53. The Morgan fingerprint density at radius 3 is 2.77 bits per heavy atom. The smallest absolute Gasteiger partial charge is 0.478 e. The molecule has 70 valence electrons. The highest BCUT2D eigenvalue weighted by atomic mass is 16.5. The molecule has 0 aliphatic heterocycles. The van der Waals surface area contributed by atoms with Crippen LogP contribution < -0.4 is 10.2 Å². The first kappa shape index (κ1) is 10.0. The van der Waals surface area contributed by atoms with Crippen LogP contribution in [0.4, 0.5) is 0 Å². The van der Waals surface area contributed by atoms with E-state index in [1.807, 2.05) is 13.8 Å². The number of aromatic nitrogens is 1. The molecule has 1 aromatic rings. The van der Waals surface area contributed by atoms with Gasteiger partial charge in [0.15, 0.2) is 0 Å². The van der Waals surface area contributed by atoms with E-state index >= 15 is 0 Å². The zero-order valence-corrected chi connectivity index (χ0v) is 7.69. The van der Waals surface area contributed by atoms with Crippen LogP contribution in [-0.2, 0) is 0 Å². The second-order valence-corrected chi connectivity index (χ2v) is 2.71. The van der Waals surface area contributed by atoms with Gasteiger partial charge in [0, 0.05) is 11.7 Å². The van der Waals surface area contributed by atoms with E-state index < -0.39 is 7.12 Å². The van der Waals surface area contributed by atoms with E-state index in [2.05, 4.69) is 4.98 Å². The molecule has 0 spiro atoms. The van der Waals surface area contributed by atoms with E-state index in [9.17, 15) is 0 Å². The molecule has 0 aromatic carbocycles. The van der Waals surface area contributed by atoms with Crippen molar-refractivity contribution in [1.82, 2.24) is 4.98 Å². The van der Waals surface area contributed by atoms with Crippen LogP contribution in [0.1, 0.15) is 12.5 Å².